The van der Waals surface area contributed by atoms with Gasteiger partial charge in [0.1, 0.15) is 0 Å². The summed E-state index contributed by atoms with van der Waals surface area (Å²) in [5.41, 5.74) is 10.3. The number of nitrogens with zero attached hydrogens (tertiary/aromatic N) is 1. The quantitative estimate of drug-likeness (QED) is 0.546. The standard InChI is InChI=1S/C27H29N3O2/c28-17-21-6-4-7-22(16-21)19-30(27(32)24-8-2-1-3-9-24)18-20-12-14-25(15-13-20)29-26(31)23-10-5-11-23/h1-4,6-9,12-16,23H,5,10-11,17-19,28H2,(H,29,31). The summed E-state index contributed by atoms with van der Waals surface area (Å²) < 4.78 is 0. The zero-order valence-corrected chi connectivity index (χ0v) is 18.2. The first-order valence-corrected chi connectivity index (χ1v) is 11.1. The number of hydrogen-bond donors (Lipinski definition) is 2. The van der Waals surface area contributed by atoms with Crippen LogP contribution in [0.5, 0.6) is 0 Å². The summed E-state index contributed by atoms with van der Waals surface area (Å²) in [4.78, 5) is 27.3. The van der Waals surface area contributed by atoms with E-state index in [1.807, 2.05) is 83.8 Å². The molecule has 3 N–H and O–H groups in total. The number of amides is 2. The van der Waals surface area contributed by atoms with Crippen LogP contribution in [0.2, 0.25) is 0 Å². The summed E-state index contributed by atoms with van der Waals surface area (Å²) in [6, 6.07) is 25.1. The van der Waals surface area contributed by atoms with Crippen LogP contribution in [-0.4, -0.2) is 16.7 Å². The van der Waals surface area contributed by atoms with E-state index in [2.05, 4.69) is 5.32 Å². The molecule has 0 radical (unpaired) electrons. The summed E-state index contributed by atoms with van der Waals surface area (Å²) in [6.07, 6.45) is 3.09. The van der Waals surface area contributed by atoms with Crippen molar-refractivity contribution in [1.29, 1.82) is 0 Å². The number of nitrogens with one attached hydrogen (secondary N) is 1. The minimum atomic E-state index is -0.0221. The first kappa shape index (κ1) is 21.8. The molecule has 2 amide bonds. The van der Waals surface area contributed by atoms with Gasteiger partial charge >= 0.3 is 0 Å². The molecular weight excluding hydrogens is 398 g/mol. The van der Waals surface area contributed by atoms with Crippen molar-refractivity contribution in [2.45, 2.75) is 38.9 Å². The van der Waals surface area contributed by atoms with E-state index in [1.54, 1.807) is 0 Å². The van der Waals surface area contributed by atoms with Crippen LogP contribution in [0.3, 0.4) is 0 Å². The van der Waals surface area contributed by atoms with Crippen molar-refractivity contribution in [2.75, 3.05) is 5.32 Å². The van der Waals surface area contributed by atoms with Gasteiger partial charge in [-0.2, -0.15) is 0 Å². The van der Waals surface area contributed by atoms with Crippen molar-refractivity contribution in [2.24, 2.45) is 11.7 Å². The average Bonchev–Trinajstić information content (AvgIpc) is 2.79. The van der Waals surface area contributed by atoms with E-state index < -0.39 is 0 Å². The van der Waals surface area contributed by atoms with Crippen LogP contribution in [0.25, 0.3) is 0 Å². The average molecular weight is 428 g/mol. The van der Waals surface area contributed by atoms with Crippen LogP contribution in [-0.2, 0) is 24.4 Å². The molecule has 0 spiro atoms. The van der Waals surface area contributed by atoms with Crippen molar-refractivity contribution >= 4 is 17.5 Å². The minimum absolute atomic E-state index is 0.0221. The highest BCUT2D eigenvalue weighted by molar-refractivity contribution is 5.94. The van der Waals surface area contributed by atoms with Crippen molar-refractivity contribution in [3.8, 4) is 0 Å². The number of carbonyl (C=O) groups is 2. The summed E-state index contributed by atoms with van der Waals surface area (Å²) >= 11 is 0. The molecule has 1 aliphatic rings. The lowest BCUT2D eigenvalue weighted by Crippen LogP contribution is -2.30. The van der Waals surface area contributed by atoms with Crippen LogP contribution >= 0.6 is 0 Å². The maximum atomic E-state index is 13.3. The molecule has 0 bridgehead atoms. The molecule has 32 heavy (non-hydrogen) atoms. The third-order valence-electron chi connectivity index (χ3n) is 5.98. The van der Waals surface area contributed by atoms with E-state index in [0.717, 1.165) is 41.6 Å². The first-order valence-electron chi connectivity index (χ1n) is 11.1. The lowest BCUT2D eigenvalue weighted by atomic mass is 9.85. The van der Waals surface area contributed by atoms with E-state index in [1.165, 1.54) is 0 Å². The van der Waals surface area contributed by atoms with Gasteiger partial charge in [-0.25, -0.2) is 0 Å². The summed E-state index contributed by atoms with van der Waals surface area (Å²) in [7, 11) is 0. The monoisotopic (exact) mass is 427 g/mol. The molecule has 164 valence electrons. The zero-order chi connectivity index (χ0) is 22.3. The molecule has 1 fully saturated rings. The van der Waals surface area contributed by atoms with Gasteiger partial charge in [0.05, 0.1) is 0 Å². The SMILES string of the molecule is NCc1cccc(CN(Cc2ccc(NC(=O)C3CCC3)cc2)C(=O)c2ccccc2)c1. The zero-order valence-electron chi connectivity index (χ0n) is 18.2. The molecule has 5 nitrogen and oxygen atoms in total. The Kier molecular flexibility index (Phi) is 6.97. The van der Waals surface area contributed by atoms with E-state index in [0.29, 0.717) is 25.2 Å². The molecule has 4 rings (SSSR count). The van der Waals surface area contributed by atoms with Gasteiger partial charge in [-0.1, -0.05) is 61.0 Å². The number of hydrogen-bond acceptors (Lipinski definition) is 3. The fraction of sp³-hybridized carbons (Fsp3) is 0.259. The first-order chi connectivity index (χ1) is 15.6. The summed E-state index contributed by atoms with van der Waals surface area (Å²) in [6.45, 7) is 1.42. The molecule has 0 aliphatic heterocycles. The lowest BCUT2D eigenvalue weighted by Gasteiger charge is -2.25. The molecule has 0 unspecified atom stereocenters. The van der Waals surface area contributed by atoms with E-state index in [9.17, 15) is 9.59 Å². The molecule has 1 aliphatic carbocycles. The topological polar surface area (TPSA) is 75.4 Å². The molecule has 0 aromatic heterocycles. The number of carbonyl (C=O) groups excluding carboxylic acids is 2. The van der Waals surface area contributed by atoms with Crippen LogP contribution < -0.4 is 11.1 Å². The van der Waals surface area contributed by atoms with Crippen molar-refractivity contribution in [1.82, 2.24) is 4.90 Å². The highest BCUT2D eigenvalue weighted by atomic mass is 16.2. The summed E-state index contributed by atoms with van der Waals surface area (Å²) in [5.74, 6) is 0.230. The van der Waals surface area contributed by atoms with Gasteiger partial charge in [0.15, 0.2) is 0 Å². The third-order valence-corrected chi connectivity index (χ3v) is 5.98. The Bertz CT molecular complexity index is 1060. The molecular formula is C27H29N3O2. The third kappa shape index (κ3) is 5.42. The Hall–Kier alpha value is -3.44. The maximum absolute atomic E-state index is 13.3. The van der Waals surface area contributed by atoms with Crippen LogP contribution in [0.15, 0.2) is 78.9 Å². The number of rotatable bonds is 8. The van der Waals surface area contributed by atoms with E-state index >= 15 is 0 Å². The predicted molar refractivity (Wildman–Crippen MR) is 127 cm³/mol. The normalized spacial score (nSPS) is 13.3. The van der Waals surface area contributed by atoms with Crippen LogP contribution in [0, 0.1) is 5.92 Å². The summed E-state index contributed by atoms with van der Waals surface area (Å²) in [5, 5.41) is 2.99. The Balaban J connectivity index is 1.50. The van der Waals surface area contributed by atoms with Crippen molar-refractivity contribution in [3.05, 3.63) is 101 Å². The second-order valence-corrected chi connectivity index (χ2v) is 8.37. The molecule has 5 heteroatoms. The predicted octanol–water partition coefficient (Wildman–Crippen LogP) is 4.73. The lowest BCUT2D eigenvalue weighted by molar-refractivity contribution is -0.122. The van der Waals surface area contributed by atoms with Gasteiger partial charge in [0.25, 0.3) is 5.91 Å². The highest BCUT2D eigenvalue weighted by Crippen LogP contribution is 2.27. The number of nitrogens with two attached hydrogens (primary N) is 1. The second kappa shape index (κ2) is 10.2. The van der Waals surface area contributed by atoms with Crippen LogP contribution in [0.1, 0.15) is 46.3 Å². The maximum Gasteiger partial charge on any atom is 0.254 e. The molecule has 3 aromatic carbocycles. The Morgan fingerprint density at radius 3 is 2.19 bits per heavy atom. The Morgan fingerprint density at radius 1 is 0.844 bits per heavy atom. The molecule has 1 saturated carbocycles. The van der Waals surface area contributed by atoms with Gasteiger partial charge in [0.2, 0.25) is 5.91 Å². The second-order valence-electron chi connectivity index (χ2n) is 8.37. The van der Waals surface area contributed by atoms with Crippen molar-refractivity contribution in [3.63, 3.8) is 0 Å². The van der Waals surface area contributed by atoms with Crippen LogP contribution in [0.4, 0.5) is 5.69 Å². The van der Waals surface area contributed by atoms with E-state index in [-0.39, 0.29) is 17.7 Å². The van der Waals surface area contributed by atoms with E-state index in [4.69, 9.17) is 5.73 Å². The minimum Gasteiger partial charge on any atom is -0.330 e. The van der Waals surface area contributed by atoms with Gasteiger partial charge in [-0.3, -0.25) is 9.59 Å². The highest BCUT2D eigenvalue weighted by Gasteiger charge is 2.25. The Labute approximate surface area is 189 Å². The van der Waals surface area contributed by atoms with Gasteiger partial charge in [-0.05, 0) is 53.8 Å². The van der Waals surface area contributed by atoms with Gasteiger partial charge < -0.3 is 16.0 Å². The fourth-order valence-electron chi connectivity index (χ4n) is 3.87. The number of benzene rings is 3. The van der Waals surface area contributed by atoms with Gasteiger partial charge in [0, 0.05) is 36.8 Å². The molecule has 0 atom stereocenters. The smallest absolute Gasteiger partial charge is 0.254 e. The molecule has 3 aromatic rings. The molecule has 0 saturated heterocycles. The van der Waals surface area contributed by atoms with Gasteiger partial charge in [-0.15, -0.1) is 0 Å². The fourth-order valence-corrected chi connectivity index (χ4v) is 3.87. The van der Waals surface area contributed by atoms with Crippen molar-refractivity contribution < 1.29 is 9.59 Å². The number of anilines is 1. The largest absolute Gasteiger partial charge is 0.330 e. The molecule has 0 heterocycles. The Morgan fingerprint density at radius 2 is 1.53 bits per heavy atom.